The monoisotopic (exact) mass is 247 g/mol. The summed E-state index contributed by atoms with van der Waals surface area (Å²) in [7, 11) is 2.06. The minimum absolute atomic E-state index is 0.465. The first-order valence-corrected chi connectivity index (χ1v) is 7.04. The Morgan fingerprint density at radius 2 is 2.06 bits per heavy atom. The molecule has 2 nitrogen and oxygen atoms in total. The molecule has 0 saturated carbocycles. The van der Waals surface area contributed by atoms with E-state index >= 15 is 0 Å². The first kappa shape index (κ1) is 13.6. The van der Waals surface area contributed by atoms with Crippen molar-refractivity contribution >= 4 is 0 Å². The lowest BCUT2D eigenvalue weighted by Crippen LogP contribution is -2.32. The van der Waals surface area contributed by atoms with Crippen molar-refractivity contribution in [3.05, 3.63) is 34.9 Å². The summed E-state index contributed by atoms with van der Waals surface area (Å²) in [5, 5.41) is 3.45. The van der Waals surface area contributed by atoms with Crippen molar-refractivity contribution in [2.45, 2.75) is 51.7 Å². The highest BCUT2D eigenvalue weighted by Gasteiger charge is 2.20. The average Bonchev–Trinajstić information content (AvgIpc) is 2.85. The van der Waals surface area contributed by atoms with Crippen molar-refractivity contribution in [2.24, 2.45) is 0 Å². The first-order valence-electron chi connectivity index (χ1n) is 7.04. The standard InChI is InChI=1S/C16H25NO/c1-12-6-4-7-13(2)16(12)11-14(17-3)10-15-8-5-9-18-15/h4,6-7,14-15,17H,5,8-11H2,1-3H3. The van der Waals surface area contributed by atoms with Gasteiger partial charge in [-0.1, -0.05) is 18.2 Å². The largest absolute Gasteiger partial charge is 0.378 e. The minimum atomic E-state index is 0.465. The van der Waals surface area contributed by atoms with Gasteiger partial charge >= 0.3 is 0 Å². The molecular formula is C16H25NO. The van der Waals surface area contributed by atoms with E-state index in [-0.39, 0.29) is 0 Å². The van der Waals surface area contributed by atoms with Crippen LogP contribution in [0.1, 0.15) is 36.0 Å². The third-order valence-electron chi connectivity index (χ3n) is 4.07. The van der Waals surface area contributed by atoms with E-state index in [9.17, 15) is 0 Å². The molecule has 2 heteroatoms. The van der Waals surface area contributed by atoms with Crippen LogP contribution in [0.2, 0.25) is 0 Å². The van der Waals surface area contributed by atoms with E-state index in [1.807, 2.05) is 0 Å². The number of rotatable bonds is 5. The number of nitrogens with one attached hydrogen (secondary N) is 1. The van der Waals surface area contributed by atoms with E-state index in [2.05, 4.69) is 44.4 Å². The SMILES string of the molecule is CNC(Cc1c(C)cccc1C)CC1CCCO1. The van der Waals surface area contributed by atoms with Crippen LogP contribution in [0.3, 0.4) is 0 Å². The lowest BCUT2D eigenvalue weighted by Gasteiger charge is -2.21. The van der Waals surface area contributed by atoms with Crippen LogP contribution in [-0.4, -0.2) is 25.8 Å². The second kappa shape index (κ2) is 6.35. The minimum Gasteiger partial charge on any atom is -0.378 e. The molecule has 1 heterocycles. The Morgan fingerprint density at radius 1 is 1.33 bits per heavy atom. The van der Waals surface area contributed by atoms with Gasteiger partial charge in [0.15, 0.2) is 0 Å². The Hall–Kier alpha value is -0.860. The maximum Gasteiger partial charge on any atom is 0.0590 e. The summed E-state index contributed by atoms with van der Waals surface area (Å²) in [4.78, 5) is 0. The van der Waals surface area contributed by atoms with Gasteiger partial charge in [-0.2, -0.15) is 0 Å². The van der Waals surface area contributed by atoms with Gasteiger partial charge in [-0.15, -0.1) is 0 Å². The summed E-state index contributed by atoms with van der Waals surface area (Å²) in [5.74, 6) is 0. The maximum absolute atomic E-state index is 5.74. The molecule has 0 aliphatic carbocycles. The molecule has 1 aliphatic heterocycles. The smallest absolute Gasteiger partial charge is 0.0590 e. The number of hydrogen-bond donors (Lipinski definition) is 1. The molecule has 2 unspecified atom stereocenters. The molecular weight excluding hydrogens is 222 g/mol. The molecule has 100 valence electrons. The Bertz CT molecular complexity index is 362. The Balaban J connectivity index is 2.00. The highest BCUT2D eigenvalue weighted by Crippen LogP contribution is 2.21. The molecule has 1 aromatic carbocycles. The van der Waals surface area contributed by atoms with Gasteiger partial charge in [0.2, 0.25) is 0 Å². The number of likely N-dealkylation sites (N-methyl/N-ethyl adjacent to an activating group) is 1. The zero-order valence-electron chi connectivity index (χ0n) is 11.8. The van der Waals surface area contributed by atoms with E-state index in [4.69, 9.17) is 4.74 Å². The normalized spacial score (nSPS) is 21.2. The van der Waals surface area contributed by atoms with Crippen LogP contribution in [0.15, 0.2) is 18.2 Å². The lowest BCUT2D eigenvalue weighted by atomic mass is 9.93. The summed E-state index contributed by atoms with van der Waals surface area (Å²) in [6.07, 6.45) is 5.15. The van der Waals surface area contributed by atoms with Gasteiger partial charge in [-0.25, -0.2) is 0 Å². The fourth-order valence-corrected chi connectivity index (χ4v) is 2.87. The molecule has 2 rings (SSSR count). The fraction of sp³-hybridized carbons (Fsp3) is 0.625. The van der Waals surface area contributed by atoms with Crippen molar-refractivity contribution in [1.29, 1.82) is 0 Å². The molecule has 0 amide bonds. The van der Waals surface area contributed by atoms with Gasteiger partial charge in [0.1, 0.15) is 0 Å². The van der Waals surface area contributed by atoms with E-state index in [1.54, 1.807) is 0 Å². The van der Waals surface area contributed by atoms with Gasteiger partial charge in [0, 0.05) is 12.6 Å². The molecule has 0 aromatic heterocycles. The fourth-order valence-electron chi connectivity index (χ4n) is 2.87. The third kappa shape index (κ3) is 3.33. The predicted octanol–water partition coefficient (Wildman–Crippen LogP) is 3.00. The van der Waals surface area contributed by atoms with Gasteiger partial charge in [0.25, 0.3) is 0 Å². The maximum atomic E-state index is 5.74. The zero-order valence-corrected chi connectivity index (χ0v) is 11.8. The van der Waals surface area contributed by atoms with Crippen LogP contribution in [0, 0.1) is 13.8 Å². The van der Waals surface area contributed by atoms with Crippen molar-refractivity contribution < 1.29 is 4.74 Å². The molecule has 18 heavy (non-hydrogen) atoms. The molecule has 1 saturated heterocycles. The number of aryl methyl sites for hydroxylation is 2. The Kier molecular flexibility index (Phi) is 4.79. The van der Waals surface area contributed by atoms with Crippen molar-refractivity contribution in [1.82, 2.24) is 5.32 Å². The molecule has 1 N–H and O–H groups in total. The first-order chi connectivity index (χ1) is 8.70. The van der Waals surface area contributed by atoms with Crippen LogP contribution >= 0.6 is 0 Å². The summed E-state index contributed by atoms with van der Waals surface area (Å²) >= 11 is 0. The van der Waals surface area contributed by atoms with E-state index in [0.717, 1.165) is 19.4 Å². The topological polar surface area (TPSA) is 21.3 Å². The predicted molar refractivity (Wildman–Crippen MR) is 76.1 cm³/mol. The molecule has 0 bridgehead atoms. The van der Waals surface area contributed by atoms with E-state index in [1.165, 1.54) is 29.5 Å². The highest BCUT2D eigenvalue weighted by atomic mass is 16.5. The summed E-state index contributed by atoms with van der Waals surface area (Å²) < 4.78 is 5.74. The van der Waals surface area contributed by atoms with Gasteiger partial charge < -0.3 is 10.1 Å². The van der Waals surface area contributed by atoms with Gasteiger partial charge in [-0.05, 0) is 63.3 Å². The van der Waals surface area contributed by atoms with Gasteiger partial charge in [0.05, 0.1) is 6.10 Å². The van der Waals surface area contributed by atoms with Crippen LogP contribution in [0.4, 0.5) is 0 Å². The van der Waals surface area contributed by atoms with E-state index < -0.39 is 0 Å². The van der Waals surface area contributed by atoms with Crippen molar-refractivity contribution in [3.8, 4) is 0 Å². The molecule has 1 aromatic rings. The summed E-state index contributed by atoms with van der Waals surface area (Å²) in [6.45, 7) is 5.37. The second-order valence-electron chi connectivity index (χ2n) is 5.43. The Morgan fingerprint density at radius 3 is 2.61 bits per heavy atom. The second-order valence-corrected chi connectivity index (χ2v) is 5.43. The Labute approximate surface area is 111 Å². The highest BCUT2D eigenvalue weighted by molar-refractivity contribution is 5.34. The van der Waals surface area contributed by atoms with Crippen molar-refractivity contribution in [3.63, 3.8) is 0 Å². The summed E-state index contributed by atoms with van der Waals surface area (Å²) in [5.41, 5.74) is 4.31. The molecule has 1 fully saturated rings. The average molecular weight is 247 g/mol. The van der Waals surface area contributed by atoms with Crippen LogP contribution < -0.4 is 5.32 Å². The number of ether oxygens (including phenoxy) is 1. The zero-order chi connectivity index (χ0) is 13.0. The van der Waals surface area contributed by atoms with Crippen LogP contribution in [0.5, 0.6) is 0 Å². The van der Waals surface area contributed by atoms with Gasteiger partial charge in [-0.3, -0.25) is 0 Å². The summed E-state index contributed by atoms with van der Waals surface area (Å²) in [6, 6.07) is 7.08. The molecule has 0 radical (unpaired) electrons. The van der Waals surface area contributed by atoms with Crippen LogP contribution in [0.25, 0.3) is 0 Å². The molecule has 0 spiro atoms. The molecule has 2 atom stereocenters. The third-order valence-corrected chi connectivity index (χ3v) is 4.07. The number of benzene rings is 1. The molecule has 1 aliphatic rings. The quantitative estimate of drug-likeness (QED) is 0.863. The van der Waals surface area contributed by atoms with Crippen LogP contribution in [-0.2, 0) is 11.2 Å². The van der Waals surface area contributed by atoms with Crippen molar-refractivity contribution in [2.75, 3.05) is 13.7 Å². The lowest BCUT2D eigenvalue weighted by molar-refractivity contribution is 0.0954. The number of hydrogen-bond acceptors (Lipinski definition) is 2. The van der Waals surface area contributed by atoms with E-state index in [0.29, 0.717) is 12.1 Å².